The van der Waals surface area contributed by atoms with Crippen LogP contribution in [0.1, 0.15) is 75.1 Å². The van der Waals surface area contributed by atoms with Crippen LogP contribution >= 0.6 is 0 Å². The van der Waals surface area contributed by atoms with Crippen molar-refractivity contribution in [1.82, 2.24) is 0 Å². The van der Waals surface area contributed by atoms with E-state index in [9.17, 15) is 18.0 Å². The molecule has 12 heteroatoms. The summed E-state index contributed by atoms with van der Waals surface area (Å²) >= 11 is 0. The lowest BCUT2D eigenvalue weighted by Gasteiger charge is -2.27. The molecule has 1 saturated carbocycles. The standard InChI is InChI=1S/C20H24B4O7S/c21-8-13-14(9-22)16(11-24)18(20(26)31-12-4-2-1-3-5-12)17(15(13)10-23)19(25)30-6-7-32(27,28)29/h12H,1-11H2,(H,27,28,29). The molecule has 0 amide bonds. The first-order chi connectivity index (χ1) is 15.2. The number of carbonyl (C=O) groups excluding carboxylic acids is 2. The van der Waals surface area contributed by atoms with E-state index < -0.39 is 34.4 Å². The van der Waals surface area contributed by atoms with E-state index in [1.54, 1.807) is 0 Å². The summed E-state index contributed by atoms with van der Waals surface area (Å²) in [5, 5.41) is 0. The van der Waals surface area contributed by atoms with Gasteiger partial charge in [0.15, 0.2) is 0 Å². The second-order valence-electron chi connectivity index (χ2n) is 7.57. The van der Waals surface area contributed by atoms with Crippen molar-refractivity contribution in [2.75, 3.05) is 12.4 Å². The summed E-state index contributed by atoms with van der Waals surface area (Å²) in [5.41, 5.74) is 1.31. The van der Waals surface area contributed by atoms with Crippen LogP contribution in [0.5, 0.6) is 0 Å². The van der Waals surface area contributed by atoms with Crippen molar-refractivity contribution < 1.29 is 32.0 Å². The minimum absolute atomic E-state index is 0.00780. The van der Waals surface area contributed by atoms with Crippen molar-refractivity contribution in [2.24, 2.45) is 0 Å². The highest BCUT2D eigenvalue weighted by Crippen LogP contribution is 2.32. The number of hydrogen-bond acceptors (Lipinski definition) is 6. The first kappa shape index (κ1) is 26.6. The van der Waals surface area contributed by atoms with Crippen LogP contribution in [0.4, 0.5) is 0 Å². The maximum absolute atomic E-state index is 13.3. The highest BCUT2D eigenvalue weighted by molar-refractivity contribution is 7.85. The van der Waals surface area contributed by atoms with Crippen molar-refractivity contribution in [3.8, 4) is 0 Å². The second-order valence-corrected chi connectivity index (χ2v) is 9.14. The monoisotopic (exact) mass is 452 g/mol. The zero-order valence-electron chi connectivity index (χ0n) is 18.0. The fourth-order valence-electron chi connectivity index (χ4n) is 4.07. The fourth-order valence-corrected chi connectivity index (χ4v) is 4.36. The second kappa shape index (κ2) is 12.0. The maximum atomic E-state index is 13.3. The molecule has 1 aromatic rings. The van der Waals surface area contributed by atoms with Crippen molar-refractivity contribution in [3.05, 3.63) is 33.4 Å². The highest BCUT2D eigenvalue weighted by Gasteiger charge is 2.31. The summed E-state index contributed by atoms with van der Waals surface area (Å²) in [6.45, 7) is -0.618. The molecule has 32 heavy (non-hydrogen) atoms. The van der Waals surface area contributed by atoms with Crippen LogP contribution in [0.3, 0.4) is 0 Å². The number of benzene rings is 1. The van der Waals surface area contributed by atoms with Crippen LogP contribution in [-0.4, -0.2) is 74.8 Å². The van der Waals surface area contributed by atoms with Gasteiger partial charge in [0.25, 0.3) is 10.1 Å². The Kier molecular flexibility index (Phi) is 9.95. The van der Waals surface area contributed by atoms with Crippen LogP contribution in [0.15, 0.2) is 0 Å². The van der Waals surface area contributed by atoms with E-state index in [1.165, 1.54) is 0 Å². The van der Waals surface area contributed by atoms with Gasteiger partial charge >= 0.3 is 11.9 Å². The molecule has 1 N–H and O–H groups in total. The fraction of sp³-hybridized carbons (Fsp3) is 0.600. The van der Waals surface area contributed by atoms with E-state index in [2.05, 4.69) is 0 Å². The first-order valence-corrected chi connectivity index (χ1v) is 12.1. The Labute approximate surface area is 194 Å². The quantitative estimate of drug-likeness (QED) is 0.320. The summed E-state index contributed by atoms with van der Waals surface area (Å²) < 4.78 is 41.6. The molecule has 7 nitrogen and oxygen atoms in total. The van der Waals surface area contributed by atoms with Gasteiger partial charge in [-0.2, -0.15) is 8.42 Å². The third-order valence-electron chi connectivity index (χ3n) is 5.57. The van der Waals surface area contributed by atoms with Gasteiger partial charge in [-0.05, 0) is 36.8 Å². The summed E-state index contributed by atoms with van der Waals surface area (Å²) in [6, 6.07) is 0. The van der Waals surface area contributed by atoms with Gasteiger partial charge in [0.1, 0.15) is 18.5 Å². The Morgan fingerprint density at radius 2 is 1.28 bits per heavy atom. The van der Waals surface area contributed by atoms with Crippen molar-refractivity contribution >= 4 is 53.4 Å². The Morgan fingerprint density at radius 1 is 0.812 bits per heavy atom. The van der Waals surface area contributed by atoms with Gasteiger partial charge in [-0.3, -0.25) is 4.55 Å². The Hall–Kier alpha value is -1.67. The van der Waals surface area contributed by atoms with E-state index in [0.717, 1.165) is 19.3 Å². The van der Waals surface area contributed by atoms with Gasteiger partial charge in [0.05, 0.1) is 42.5 Å². The molecule has 2 rings (SSSR count). The van der Waals surface area contributed by atoms with Gasteiger partial charge in [-0.25, -0.2) is 9.59 Å². The number of esters is 2. The maximum Gasteiger partial charge on any atom is 0.339 e. The molecular formula is C20H24B4O7S. The molecule has 0 saturated heterocycles. The zero-order chi connectivity index (χ0) is 23.9. The topological polar surface area (TPSA) is 107 Å². The van der Waals surface area contributed by atoms with Gasteiger partial charge < -0.3 is 9.47 Å². The number of rotatable bonds is 10. The smallest absolute Gasteiger partial charge is 0.339 e. The lowest BCUT2D eigenvalue weighted by atomic mass is 9.72. The van der Waals surface area contributed by atoms with E-state index >= 15 is 0 Å². The summed E-state index contributed by atoms with van der Waals surface area (Å²) in [6.07, 6.45) is 3.78. The Morgan fingerprint density at radius 3 is 1.72 bits per heavy atom. The molecule has 0 unspecified atom stereocenters. The average molecular weight is 452 g/mol. The predicted molar refractivity (Wildman–Crippen MR) is 123 cm³/mol. The van der Waals surface area contributed by atoms with Crippen LogP contribution in [-0.2, 0) is 44.9 Å². The molecule has 0 aliphatic heterocycles. The molecule has 1 aliphatic carbocycles. The summed E-state index contributed by atoms with van der Waals surface area (Å²) in [5.74, 6) is -2.53. The molecule has 1 fully saturated rings. The van der Waals surface area contributed by atoms with Crippen molar-refractivity contribution in [2.45, 2.75) is 63.5 Å². The normalized spacial score (nSPS) is 14.8. The molecule has 164 valence electrons. The van der Waals surface area contributed by atoms with Gasteiger partial charge in [0, 0.05) is 0 Å². The Balaban J connectivity index is 2.60. The highest BCUT2D eigenvalue weighted by atomic mass is 32.2. The number of hydrogen-bond donors (Lipinski definition) is 1. The lowest BCUT2D eigenvalue weighted by molar-refractivity contribution is 0.0202. The molecule has 0 atom stereocenters. The van der Waals surface area contributed by atoms with Crippen LogP contribution in [0, 0.1) is 0 Å². The molecule has 0 bridgehead atoms. The zero-order valence-corrected chi connectivity index (χ0v) is 18.8. The van der Waals surface area contributed by atoms with E-state index in [4.69, 9.17) is 45.4 Å². The average Bonchev–Trinajstić information content (AvgIpc) is 2.76. The van der Waals surface area contributed by atoms with Crippen LogP contribution in [0.2, 0.25) is 0 Å². The molecule has 8 radical (unpaired) electrons. The molecular weight excluding hydrogens is 428 g/mol. The minimum atomic E-state index is -4.35. The largest absolute Gasteiger partial charge is 0.461 e. The van der Waals surface area contributed by atoms with Gasteiger partial charge in [0.2, 0.25) is 0 Å². The SMILES string of the molecule is [B]Cc1c(C[B])c(C[B])c(C(=O)OC2CCCCC2)c(C(=O)OCCS(=O)(=O)O)c1C[B]. The molecule has 1 aliphatic rings. The van der Waals surface area contributed by atoms with Crippen molar-refractivity contribution in [3.63, 3.8) is 0 Å². The summed E-state index contributed by atoms with van der Waals surface area (Å²) in [7, 11) is 19.3. The Bertz CT molecular complexity index is 944. The van der Waals surface area contributed by atoms with Crippen LogP contribution in [0.25, 0.3) is 0 Å². The third-order valence-corrected chi connectivity index (χ3v) is 6.25. The van der Waals surface area contributed by atoms with Gasteiger partial charge in [-0.15, -0.1) is 0 Å². The molecule has 0 aromatic heterocycles. The lowest BCUT2D eigenvalue weighted by Crippen LogP contribution is -2.27. The van der Waals surface area contributed by atoms with E-state index in [0.29, 0.717) is 29.5 Å². The number of carbonyl (C=O) groups is 2. The molecule has 0 heterocycles. The first-order valence-electron chi connectivity index (χ1n) is 10.5. The number of ether oxygens (including phenoxy) is 2. The summed E-state index contributed by atoms with van der Waals surface area (Å²) in [4.78, 5) is 26.2. The minimum Gasteiger partial charge on any atom is -0.461 e. The predicted octanol–water partition coefficient (Wildman–Crippen LogP) is 0.895. The van der Waals surface area contributed by atoms with Gasteiger partial charge in [-0.1, -0.05) is 42.8 Å². The van der Waals surface area contributed by atoms with Crippen molar-refractivity contribution in [1.29, 1.82) is 0 Å². The van der Waals surface area contributed by atoms with Crippen LogP contribution < -0.4 is 0 Å². The molecule has 1 aromatic carbocycles. The van der Waals surface area contributed by atoms with E-state index in [-0.39, 0.29) is 48.1 Å². The molecule has 0 spiro atoms. The van der Waals surface area contributed by atoms with E-state index in [1.807, 2.05) is 0 Å². The third kappa shape index (κ3) is 6.44.